The number of aromatic nitrogens is 4. The first kappa shape index (κ1) is 14.9. The minimum Gasteiger partial charge on any atom is -0.480 e. The highest BCUT2D eigenvalue weighted by Gasteiger charge is 2.20. The van der Waals surface area contributed by atoms with E-state index in [0.29, 0.717) is 17.6 Å². The Hall–Kier alpha value is -2.51. The third-order valence-corrected chi connectivity index (χ3v) is 3.15. The van der Waals surface area contributed by atoms with Crippen molar-refractivity contribution < 1.29 is 14.7 Å². The van der Waals surface area contributed by atoms with E-state index in [4.69, 9.17) is 5.11 Å². The molecule has 0 bridgehead atoms. The second kappa shape index (κ2) is 6.29. The SMILES string of the molecule is CCCC[C@H](NC(=O)c1cnc2c(c1)nnn2C)C(=O)O. The smallest absolute Gasteiger partial charge is 0.326 e. The Morgan fingerprint density at radius 2 is 2.24 bits per heavy atom. The summed E-state index contributed by atoms with van der Waals surface area (Å²) in [4.78, 5) is 27.3. The van der Waals surface area contributed by atoms with Crippen LogP contribution in [0.2, 0.25) is 0 Å². The van der Waals surface area contributed by atoms with Crippen molar-refractivity contribution in [1.29, 1.82) is 0 Å². The van der Waals surface area contributed by atoms with Crippen LogP contribution in [0.1, 0.15) is 36.5 Å². The van der Waals surface area contributed by atoms with E-state index in [-0.39, 0.29) is 5.56 Å². The van der Waals surface area contributed by atoms with Crippen molar-refractivity contribution in [3.05, 3.63) is 17.8 Å². The minimum absolute atomic E-state index is 0.269. The fourth-order valence-electron chi connectivity index (χ4n) is 1.96. The van der Waals surface area contributed by atoms with Gasteiger partial charge in [-0.05, 0) is 12.5 Å². The predicted octanol–water partition coefficient (Wildman–Crippen LogP) is 0.736. The number of pyridine rings is 1. The first-order valence-electron chi connectivity index (χ1n) is 6.72. The lowest BCUT2D eigenvalue weighted by atomic mass is 10.1. The summed E-state index contributed by atoms with van der Waals surface area (Å²) >= 11 is 0. The molecule has 112 valence electrons. The predicted molar refractivity (Wildman–Crippen MR) is 74.7 cm³/mol. The topological polar surface area (TPSA) is 110 Å². The number of carbonyl (C=O) groups excluding carboxylic acids is 1. The summed E-state index contributed by atoms with van der Waals surface area (Å²) in [5.74, 6) is -1.51. The Labute approximate surface area is 121 Å². The number of nitrogens with one attached hydrogen (secondary N) is 1. The third-order valence-electron chi connectivity index (χ3n) is 3.15. The molecule has 0 fully saturated rings. The van der Waals surface area contributed by atoms with E-state index in [1.165, 1.54) is 10.9 Å². The van der Waals surface area contributed by atoms with Crippen LogP contribution in [0.5, 0.6) is 0 Å². The van der Waals surface area contributed by atoms with Gasteiger partial charge < -0.3 is 10.4 Å². The molecule has 2 heterocycles. The largest absolute Gasteiger partial charge is 0.480 e. The van der Waals surface area contributed by atoms with Crippen LogP contribution < -0.4 is 5.32 Å². The van der Waals surface area contributed by atoms with Gasteiger partial charge in [0.05, 0.1) is 5.56 Å². The van der Waals surface area contributed by atoms with Gasteiger partial charge in [0.2, 0.25) is 0 Å². The van der Waals surface area contributed by atoms with Crippen LogP contribution in [0.4, 0.5) is 0 Å². The van der Waals surface area contributed by atoms with Gasteiger partial charge in [-0.3, -0.25) is 4.79 Å². The molecule has 8 nitrogen and oxygen atoms in total. The van der Waals surface area contributed by atoms with Gasteiger partial charge in [0, 0.05) is 13.2 Å². The Morgan fingerprint density at radius 3 is 2.90 bits per heavy atom. The molecule has 0 aliphatic rings. The Balaban J connectivity index is 2.14. The standard InChI is InChI=1S/C13H17N5O3/c1-3-4-5-9(13(20)21)15-12(19)8-6-10-11(14-7-8)18(2)17-16-10/h6-7,9H,3-5H2,1-2H3,(H,15,19)(H,20,21)/t9-/m0/s1. The maximum Gasteiger partial charge on any atom is 0.326 e. The van der Waals surface area contributed by atoms with Crippen LogP contribution in [0.25, 0.3) is 11.2 Å². The zero-order valence-electron chi connectivity index (χ0n) is 11.9. The van der Waals surface area contributed by atoms with Gasteiger partial charge in [0.15, 0.2) is 5.65 Å². The van der Waals surface area contributed by atoms with E-state index < -0.39 is 17.9 Å². The normalized spacial score (nSPS) is 12.3. The minimum atomic E-state index is -1.04. The summed E-state index contributed by atoms with van der Waals surface area (Å²) in [6.07, 6.45) is 3.39. The molecule has 0 saturated heterocycles. The van der Waals surface area contributed by atoms with Gasteiger partial charge in [0.25, 0.3) is 5.91 Å². The van der Waals surface area contributed by atoms with Crippen molar-refractivity contribution in [3.63, 3.8) is 0 Å². The number of fused-ring (bicyclic) bond motifs is 1. The number of carbonyl (C=O) groups is 2. The summed E-state index contributed by atoms with van der Waals surface area (Å²) in [6, 6.07) is 0.652. The third kappa shape index (κ3) is 3.33. The molecule has 2 N–H and O–H groups in total. The van der Waals surface area contributed by atoms with Gasteiger partial charge in [-0.25, -0.2) is 14.5 Å². The molecule has 1 amide bonds. The van der Waals surface area contributed by atoms with Crippen LogP contribution >= 0.6 is 0 Å². The van der Waals surface area contributed by atoms with E-state index in [1.807, 2.05) is 6.92 Å². The fraction of sp³-hybridized carbons (Fsp3) is 0.462. The molecule has 0 unspecified atom stereocenters. The monoisotopic (exact) mass is 291 g/mol. The second-order valence-electron chi connectivity index (χ2n) is 4.79. The summed E-state index contributed by atoms with van der Waals surface area (Å²) in [6.45, 7) is 1.96. The van der Waals surface area contributed by atoms with Gasteiger partial charge >= 0.3 is 5.97 Å². The molecular weight excluding hydrogens is 274 g/mol. The van der Waals surface area contributed by atoms with Crippen molar-refractivity contribution in [3.8, 4) is 0 Å². The van der Waals surface area contributed by atoms with Gasteiger partial charge in [-0.1, -0.05) is 25.0 Å². The number of rotatable bonds is 6. The summed E-state index contributed by atoms with van der Waals surface area (Å²) < 4.78 is 1.50. The molecular formula is C13H17N5O3. The second-order valence-corrected chi connectivity index (χ2v) is 4.79. The van der Waals surface area contributed by atoms with Crippen molar-refractivity contribution in [2.75, 3.05) is 0 Å². The molecule has 2 aromatic rings. The molecule has 8 heteroatoms. The average Bonchev–Trinajstić information content (AvgIpc) is 2.84. The summed E-state index contributed by atoms with van der Waals surface area (Å²) in [5.41, 5.74) is 1.32. The Bertz CT molecular complexity index is 667. The number of aryl methyl sites for hydroxylation is 1. The fourth-order valence-corrected chi connectivity index (χ4v) is 1.96. The van der Waals surface area contributed by atoms with Crippen molar-refractivity contribution in [1.82, 2.24) is 25.3 Å². The maximum atomic E-state index is 12.1. The molecule has 0 saturated carbocycles. The molecule has 0 aliphatic carbocycles. The first-order chi connectivity index (χ1) is 10.0. The number of unbranched alkanes of at least 4 members (excludes halogenated alkanes) is 1. The number of nitrogens with zero attached hydrogens (tertiary/aromatic N) is 4. The van der Waals surface area contributed by atoms with Crippen LogP contribution in [0.15, 0.2) is 12.3 Å². The van der Waals surface area contributed by atoms with Gasteiger partial charge in [0.1, 0.15) is 11.6 Å². The number of aliphatic carboxylic acids is 1. The zero-order valence-corrected chi connectivity index (χ0v) is 11.9. The highest BCUT2D eigenvalue weighted by atomic mass is 16.4. The number of hydrogen-bond acceptors (Lipinski definition) is 5. The van der Waals surface area contributed by atoms with Crippen molar-refractivity contribution >= 4 is 23.0 Å². The lowest BCUT2D eigenvalue weighted by Crippen LogP contribution is -2.40. The molecule has 1 atom stereocenters. The first-order valence-corrected chi connectivity index (χ1v) is 6.72. The van der Waals surface area contributed by atoms with E-state index in [1.54, 1.807) is 13.1 Å². The van der Waals surface area contributed by atoms with Gasteiger partial charge in [-0.2, -0.15) is 0 Å². The molecule has 2 rings (SSSR count). The van der Waals surface area contributed by atoms with Crippen LogP contribution in [0.3, 0.4) is 0 Å². The van der Waals surface area contributed by atoms with Crippen molar-refractivity contribution in [2.24, 2.45) is 7.05 Å². The lowest BCUT2D eigenvalue weighted by molar-refractivity contribution is -0.139. The molecule has 0 aliphatic heterocycles. The van der Waals surface area contributed by atoms with Gasteiger partial charge in [-0.15, -0.1) is 5.10 Å². The van der Waals surface area contributed by atoms with Crippen LogP contribution in [-0.4, -0.2) is 43.0 Å². The zero-order chi connectivity index (χ0) is 15.4. The molecule has 21 heavy (non-hydrogen) atoms. The highest BCUT2D eigenvalue weighted by molar-refractivity contribution is 5.98. The summed E-state index contributed by atoms with van der Waals surface area (Å²) in [7, 11) is 1.70. The Morgan fingerprint density at radius 1 is 1.48 bits per heavy atom. The number of hydrogen-bond donors (Lipinski definition) is 2. The number of amides is 1. The van der Waals surface area contributed by atoms with Crippen LogP contribution in [-0.2, 0) is 11.8 Å². The van der Waals surface area contributed by atoms with E-state index in [2.05, 4.69) is 20.6 Å². The van der Waals surface area contributed by atoms with E-state index in [9.17, 15) is 9.59 Å². The maximum absolute atomic E-state index is 12.1. The van der Waals surface area contributed by atoms with E-state index >= 15 is 0 Å². The molecule has 0 aromatic carbocycles. The number of carboxylic acids is 1. The number of carboxylic acid groups (broad SMARTS) is 1. The lowest BCUT2D eigenvalue weighted by Gasteiger charge is -2.13. The highest BCUT2D eigenvalue weighted by Crippen LogP contribution is 2.10. The Kier molecular flexibility index (Phi) is 4.46. The summed E-state index contributed by atoms with van der Waals surface area (Å²) in [5, 5.41) is 19.3. The van der Waals surface area contributed by atoms with E-state index in [0.717, 1.165) is 12.8 Å². The average molecular weight is 291 g/mol. The molecule has 0 radical (unpaired) electrons. The molecule has 2 aromatic heterocycles. The van der Waals surface area contributed by atoms with Crippen LogP contribution in [0, 0.1) is 0 Å². The molecule has 0 spiro atoms. The van der Waals surface area contributed by atoms with Crippen molar-refractivity contribution in [2.45, 2.75) is 32.2 Å². The quantitative estimate of drug-likeness (QED) is 0.812.